The number of aliphatic carboxylic acids is 1. The summed E-state index contributed by atoms with van der Waals surface area (Å²) in [5, 5.41) is 27.3. The van der Waals surface area contributed by atoms with Gasteiger partial charge in [0.15, 0.2) is 12.5 Å². The number of unbranched alkanes of at least 4 members (excludes halogenated alkanes) is 12. The number of nitrogens with one attached hydrogen (secondary N) is 3. The van der Waals surface area contributed by atoms with E-state index in [2.05, 4.69) is 16.0 Å². The summed E-state index contributed by atoms with van der Waals surface area (Å²) in [6.45, 7) is 6.63. The third-order valence-electron chi connectivity index (χ3n) is 7.93. The molecule has 0 aromatic heterocycles. The second-order valence-corrected chi connectivity index (χ2v) is 12.2. The summed E-state index contributed by atoms with van der Waals surface area (Å²) in [6.07, 6.45) is 15.5. The summed E-state index contributed by atoms with van der Waals surface area (Å²) in [4.78, 5) is 45.8. The van der Waals surface area contributed by atoms with Crippen molar-refractivity contribution in [2.24, 2.45) is 0 Å². The van der Waals surface area contributed by atoms with Crippen LogP contribution in [0.5, 0.6) is 5.75 Å². The van der Waals surface area contributed by atoms with Gasteiger partial charge in [0.2, 0.25) is 5.91 Å². The fourth-order valence-corrected chi connectivity index (χ4v) is 5.20. The van der Waals surface area contributed by atoms with Gasteiger partial charge in [-0.25, -0.2) is 9.59 Å². The first-order valence-electron chi connectivity index (χ1n) is 17.9. The molecule has 0 aliphatic carbocycles. The zero-order chi connectivity index (χ0) is 35.2. The Morgan fingerprint density at radius 3 is 1.90 bits per heavy atom. The molecule has 0 radical (unpaired) electrons. The van der Waals surface area contributed by atoms with Crippen LogP contribution in [0.25, 0.3) is 0 Å². The molecule has 0 saturated carbocycles. The summed E-state index contributed by atoms with van der Waals surface area (Å²) in [5.74, 6) is -1.48. The number of hydrogen-bond donors (Lipinski definition) is 5. The molecule has 1 amide bonds. The number of aldehydes is 1. The highest BCUT2D eigenvalue weighted by Crippen LogP contribution is 2.15. The number of hydrogen-bond acceptors (Lipinski definition) is 9. The van der Waals surface area contributed by atoms with E-state index in [9.17, 15) is 24.3 Å². The van der Waals surface area contributed by atoms with Crippen LogP contribution in [0.4, 0.5) is 0 Å². The van der Waals surface area contributed by atoms with Crippen LogP contribution in [0, 0.1) is 0 Å². The Kier molecular flexibility index (Phi) is 25.9. The van der Waals surface area contributed by atoms with E-state index in [4.69, 9.17) is 19.3 Å². The standard InChI is InChI=1S/C36H61N3O9/c1-3-37-34(28-40)48-26-25-46-24-22-38-29(2)27-32(36(44)45)39-33(41)17-15-13-11-9-7-5-4-6-8-10-12-14-16-23-47-31-20-18-30(19-21-31)35(42)43/h18-21,28-29,32,34,37-38H,3-17,22-27H2,1-2H3,(H,39,41)(H,42,43)(H,44,45)/t29?,32-,34?/m0/s1. The molecule has 12 nitrogen and oxygen atoms in total. The lowest BCUT2D eigenvalue weighted by Crippen LogP contribution is -2.45. The molecule has 0 heterocycles. The summed E-state index contributed by atoms with van der Waals surface area (Å²) >= 11 is 0. The zero-order valence-corrected chi connectivity index (χ0v) is 29.2. The van der Waals surface area contributed by atoms with Crippen molar-refractivity contribution in [1.29, 1.82) is 0 Å². The number of rotatable bonds is 33. The molecule has 48 heavy (non-hydrogen) atoms. The average molecular weight is 680 g/mol. The lowest BCUT2D eigenvalue weighted by Gasteiger charge is -2.20. The van der Waals surface area contributed by atoms with E-state index in [1.54, 1.807) is 24.3 Å². The van der Waals surface area contributed by atoms with E-state index < -0.39 is 24.2 Å². The Hall–Kier alpha value is -3.06. The van der Waals surface area contributed by atoms with Gasteiger partial charge in [0, 0.05) is 19.0 Å². The Morgan fingerprint density at radius 2 is 1.35 bits per heavy atom. The summed E-state index contributed by atoms with van der Waals surface area (Å²) in [6, 6.07) is 5.45. The number of carboxylic acid groups (broad SMARTS) is 2. The number of carboxylic acids is 2. The molecular weight excluding hydrogens is 618 g/mol. The van der Waals surface area contributed by atoms with Gasteiger partial charge in [-0.1, -0.05) is 77.6 Å². The van der Waals surface area contributed by atoms with Crippen molar-refractivity contribution in [2.45, 2.75) is 128 Å². The predicted molar refractivity (Wildman–Crippen MR) is 185 cm³/mol. The van der Waals surface area contributed by atoms with E-state index >= 15 is 0 Å². The van der Waals surface area contributed by atoms with Crippen molar-refractivity contribution >= 4 is 24.1 Å². The fraction of sp³-hybridized carbons (Fsp3) is 0.722. The molecule has 0 bridgehead atoms. The van der Waals surface area contributed by atoms with Gasteiger partial charge in [-0.05, 0) is 57.0 Å². The van der Waals surface area contributed by atoms with Crippen LogP contribution < -0.4 is 20.7 Å². The predicted octanol–water partition coefficient (Wildman–Crippen LogP) is 5.33. The Bertz CT molecular complexity index is 993. The zero-order valence-electron chi connectivity index (χ0n) is 29.2. The molecule has 1 aromatic rings. The maximum Gasteiger partial charge on any atom is 0.335 e. The largest absolute Gasteiger partial charge is 0.494 e. The van der Waals surface area contributed by atoms with Gasteiger partial charge in [0.05, 0.1) is 32.0 Å². The third kappa shape index (κ3) is 23.3. The van der Waals surface area contributed by atoms with Crippen LogP contribution in [0.15, 0.2) is 24.3 Å². The maximum absolute atomic E-state index is 12.4. The van der Waals surface area contributed by atoms with Crippen molar-refractivity contribution in [2.75, 3.05) is 39.5 Å². The monoisotopic (exact) mass is 679 g/mol. The number of carbonyl (C=O) groups is 4. The van der Waals surface area contributed by atoms with Crippen molar-refractivity contribution in [3.8, 4) is 5.75 Å². The second kappa shape index (κ2) is 28.9. The lowest BCUT2D eigenvalue weighted by atomic mass is 10.0. The number of benzene rings is 1. The molecule has 3 atom stereocenters. The van der Waals surface area contributed by atoms with Crippen molar-refractivity contribution in [3.63, 3.8) is 0 Å². The van der Waals surface area contributed by atoms with E-state index in [1.165, 1.54) is 44.9 Å². The van der Waals surface area contributed by atoms with Crippen molar-refractivity contribution < 1.29 is 43.6 Å². The molecule has 1 aromatic carbocycles. The highest BCUT2D eigenvalue weighted by molar-refractivity contribution is 5.87. The van der Waals surface area contributed by atoms with E-state index in [0.29, 0.717) is 51.4 Å². The van der Waals surface area contributed by atoms with Crippen LogP contribution >= 0.6 is 0 Å². The first kappa shape index (κ1) is 43.0. The Labute approximate surface area is 287 Å². The van der Waals surface area contributed by atoms with Gasteiger partial charge in [-0.15, -0.1) is 0 Å². The Balaban J connectivity index is 1.94. The molecule has 1 rings (SSSR count). The van der Waals surface area contributed by atoms with E-state index in [1.807, 2.05) is 13.8 Å². The Morgan fingerprint density at radius 1 is 0.771 bits per heavy atom. The summed E-state index contributed by atoms with van der Waals surface area (Å²) in [5.41, 5.74) is 0.264. The van der Waals surface area contributed by atoms with E-state index in [-0.39, 0.29) is 30.5 Å². The summed E-state index contributed by atoms with van der Waals surface area (Å²) in [7, 11) is 0. The lowest BCUT2D eigenvalue weighted by molar-refractivity contribution is -0.142. The minimum absolute atomic E-state index is 0.121. The molecule has 2 unspecified atom stereocenters. The molecular formula is C36H61N3O9. The molecule has 0 aliphatic heterocycles. The smallest absolute Gasteiger partial charge is 0.335 e. The molecule has 0 aliphatic rings. The molecule has 12 heteroatoms. The SMILES string of the molecule is CCNC(C=O)OCCOCCNC(C)C[C@H](NC(=O)CCCCCCCCCCCCCCCOc1ccc(C(=O)O)cc1)C(=O)O. The highest BCUT2D eigenvalue weighted by atomic mass is 16.5. The van der Waals surface area contributed by atoms with Gasteiger partial charge in [0.25, 0.3) is 0 Å². The van der Waals surface area contributed by atoms with Crippen molar-refractivity contribution in [3.05, 3.63) is 29.8 Å². The van der Waals surface area contributed by atoms with Crippen molar-refractivity contribution in [1.82, 2.24) is 16.0 Å². The quantitative estimate of drug-likeness (QED) is 0.0369. The molecule has 274 valence electrons. The van der Waals surface area contributed by atoms with Gasteiger partial charge in [0.1, 0.15) is 11.8 Å². The molecule has 0 fully saturated rings. The number of likely N-dealkylation sites (N-methyl/N-ethyl adjacent to an activating group) is 1. The third-order valence-corrected chi connectivity index (χ3v) is 7.93. The van der Waals surface area contributed by atoms with Crippen LogP contribution in [0.2, 0.25) is 0 Å². The highest BCUT2D eigenvalue weighted by Gasteiger charge is 2.22. The molecule has 0 saturated heterocycles. The van der Waals surface area contributed by atoms with Crippen LogP contribution in [0.1, 0.15) is 121 Å². The van der Waals surface area contributed by atoms with Crippen LogP contribution in [0.3, 0.4) is 0 Å². The number of amides is 1. The first-order valence-corrected chi connectivity index (χ1v) is 17.9. The van der Waals surface area contributed by atoms with Gasteiger partial charge in [-0.3, -0.25) is 14.9 Å². The van der Waals surface area contributed by atoms with Crippen LogP contribution in [-0.2, 0) is 23.9 Å². The van der Waals surface area contributed by atoms with E-state index in [0.717, 1.165) is 38.5 Å². The minimum atomic E-state index is -1.04. The van der Waals surface area contributed by atoms with Crippen LogP contribution in [-0.4, -0.2) is 92.2 Å². The number of carbonyl (C=O) groups excluding carboxylic acids is 2. The van der Waals surface area contributed by atoms with Gasteiger partial charge >= 0.3 is 11.9 Å². The second-order valence-electron chi connectivity index (χ2n) is 12.2. The first-order chi connectivity index (χ1) is 23.3. The topological polar surface area (TPSA) is 173 Å². The normalized spacial score (nSPS) is 13.0. The molecule has 0 spiro atoms. The minimum Gasteiger partial charge on any atom is -0.494 e. The van der Waals surface area contributed by atoms with Gasteiger partial charge in [-0.2, -0.15) is 0 Å². The fourth-order valence-electron chi connectivity index (χ4n) is 5.20. The average Bonchev–Trinajstić information content (AvgIpc) is 3.06. The maximum atomic E-state index is 12.4. The number of aromatic carboxylic acids is 1. The number of ether oxygens (including phenoxy) is 3. The van der Waals surface area contributed by atoms with Gasteiger partial charge < -0.3 is 35.1 Å². The summed E-state index contributed by atoms with van der Waals surface area (Å²) < 4.78 is 16.5. The molecule has 5 N–H and O–H groups in total.